The van der Waals surface area contributed by atoms with Crippen molar-refractivity contribution in [3.05, 3.63) is 11.6 Å². The normalized spacial score (nSPS) is 46.8. The molecule has 0 aromatic carbocycles. The standard InChI is InChI=1S/C21H32O5S/c1-13(22)17-6-7-18-16-5-4-14-12-15(26-27(23,24)25)8-10-20(14,2)19(16)9-11-21(17,18)3/h4,15-19H,5-12H2,1-3H3,(H,23,24,25)/t15-,16+,17+,18+,19+,20-,21+/m0/s1. The Morgan fingerprint density at radius 2 is 1.89 bits per heavy atom. The molecule has 1 N–H and O–H groups in total. The van der Waals surface area contributed by atoms with Gasteiger partial charge in [-0.05, 0) is 86.9 Å². The Morgan fingerprint density at radius 3 is 2.56 bits per heavy atom. The van der Waals surface area contributed by atoms with E-state index in [0.29, 0.717) is 36.4 Å². The summed E-state index contributed by atoms with van der Waals surface area (Å²) >= 11 is 0. The molecule has 152 valence electrons. The van der Waals surface area contributed by atoms with E-state index in [4.69, 9.17) is 8.74 Å². The van der Waals surface area contributed by atoms with Crippen LogP contribution in [0.1, 0.15) is 72.1 Å². The van der Waals surface area contributed by atoms with E-state index in [2.05, 4.69) is 19.9 Å². The van der Waals surface area contributed by atoms with Crippen molar-refractivity contribution in [2.24, 2.45) is 34.5 Å². The van der Waals surface area contributed by atoms with Crippen LogP contribution in [0, 0.1) is 34.5 Å². The van der Waals surface area contributed by atoms with E-state index < -0.39 is 16.5 Å². The summed E-state index contributed by atoms with van der Waals surface area (Å²) in [7, 11) is -4.40. The minimum absolute atomic E-state index is 0.0949. The van der Waals surface area contributed by atoms with Crippen molar-refractivity contribution in [3.63, 3.8) is 0 Å². The Hall–Kier alpha value is -0.720. The van der Waals surface area contributed by atoms with E-state index in [1.165, 1.54) is 5.57 Å². The fraction of sp³-hybridized carbons (Fsp3) is 0.857. The maximum Gasteiger partial charge on any atom is 0.397 e. The minimum atomic E-state index is -4.40. The average molecular weight is 397 g/mol. The van der Waals surface area contributed by atoms with E-state index in [0.717, 1.165) is 38.5 Å². The lowest BCUT2D eigenvalue weighted by Gasteiger charge is -2.58. The van der Waals surface area contributed by atoms with Gasteiger partial charge in [0.05, 0.1) is 6.10 Å². The van der Waals surface area contributed by atoms with E-state index in [1.807, 2.05) is 0 Å². The molecule has 0 spiro atoms. The van der Waals surface area contributed by atoms with E-state index in [-0.39, 0.29) is 16.7 Å². The van der Waals surface area contributed by atoms with Crippen LogP contribution in [0.25, 0.3) is 0 Å². The van der Waals surface area contributed by atoms with Crippen molar-refractivity contribution in [2.45, 2.75) is 78.2 Å². The lowest BCUT2D eigenvalue weighted by molar-refractivity contribution is -0.127. The Morgan fingerprint density at radius 1 is 1.15 bits per heavy atom. The van der Waals surface area contributed by atoms with Gasteiger partial charge in [0.25, 0.3) is 0 Å². The second-order valence-corrected chi connectivity index (χ2v) is 11.0. The Bertz CT molecular complexity index is 771. The molecule has 0 amide bonds. The highest BCUT2D eigenvalue weighted by Gasteiger charge is 2.59. The Kier molecular flexibility index (Phi) is 4.64. The molecule has 3 fully saturated rings. The minimum Gasteiger partial charge on any atom is -0.300 e. The summed E-state index contributed by atoms with van der Waals surface area (Å²) < 4.78 is 36.1. The van der Waals surface area contributed by atoms with Gasteiger partial charge in [0.1, 0.15) is 5.78 Å². The number of allylic oxidation sites excluding steroid dienone is 1. The molecule has 0 aliphatic heterocycles. The zero-order chi connectivity index (χ0) is 19.6. The van der Waals surface area contributed by atoms with Gasteiger partial charge in [-0.1, -0.05) is 25.5 Å². The molecular weight excluding hydrogens is 364 g/mol. The Balaban J connectivity index is 1.58. The second kappa shape index (κ2) is 6.39. The van der Waals surface area contributed by atoms with Gasteiger partial charge in [-0.15, -0.1) is 0 Å². The molecule has 3 saturated carbocycles. The number of hydrogen-bond donors (Lipinski definition) is 1. The van der Waals surface area contributed by atoms with Gasteiger partial charge < -0.3 is 0 Å². The molecule has 4 aliphatic carbocycles. The van der Waals surface area contributed by atoms with Crippen LogP contribution in [0.3, 0.4) is 0 Å². The van der Waals surface area contributed by atoms with Crippen LogP contribution in [0.2, 0.25) is 0 Å². The number of ketones is 1. The highest BCUT2D eigenvalue weighted by Crippen LogP contribution is 2.66. The number of Topliss-reactive ketones (excluding diaryl/α,β-unsaturated/α-hetero) is 1. The summed E-state index contributed by atoms with van der Waals surface area (Å²) in [6.07, 6.45) is 9.54. The fourth-order valence-electron chi connectivity index (χ4n) is 7.55. The maximum absolute atomic E-state index is 12.2. The predicted octanol–water partition coefficient (Wildman–Crippen LogP) is 4.34. The lowest BCUT2D eigenvalue weighted by atomic mass is 9.47. The summed E-state index contributed by atoms with van der Waals surface area (Å²) in [5, 5.41) is 0. The van der Waals surface area contributed by atoms with Crippen molar-refractivity contribution >= 4 is 16.2 Å². The number of fused-ring (bicyclic) bond motifs is 5. The number of carbonyl (C=O) groups excluding carboxylic acids is 1. The topological polar surface area (TPSA) is 80.7 Å². The van der Waals surface area contributed by atoms with Crippen LogP contribution in [-0.2, 0) is 19.4 Å². The molecule has 0 heterocycles. The van der Waals surface area contributed by atoms with Gasteiger partial charge in [-0.25, -0.2) is 4.18 Å². The first kappa shape index (κ1) is 19.6. The molecule has 6 heteroatoms. The average Bonchev–Trinajstić information content (AvgIpc) is 2.91. The van der Waals surface area contributed by atoms with Gasteiger partial charge in [-0.2, -0.15) is 8.42 Å². The molecule has 0 aromatic rings. The van der Waals surface area contributed by atoms with Crippen LogP contribution in [-0.4, -0.2) is 24.9 Å². The number of carbonyl (C=O) groups is 1. The molecule has 7 atom stereocenters. The summed E-state index contributed by atoms with van der Waals surface area (Å²) in [4.78, 5) is 12.2. The van der Waals surface area contributed by atoms with Crippen molar-refractivity contribution in [2.75, 3.05) is 0 Å². The lowest BCUT2D eigenvalue weighted by Crippen LogP contribution is -2.51. The monoisotopic (exact) mass is 396 g/mol. The third kappa shape index (κ3) is 3.12. The largest absolute Gasteiger partial charge is 0.397 e. The van der Waals surface area contributed by atoms with Crippen molar-refractivity contribution in [3.8, 4) is 0 Å². The number of hydrogen-bond acceptors (Lipinski definition) is 4. The number of rotatable bonds is 3. The molecule has 0 radical (unpaired) electrons. The highest BCUT2D eigenvalue weighted by atomic mass is 32.3. The highest BCUT2D eigenvalue weighted by molar-refractivity contribution is 7.80. The fourth-order valence-corrected chi connectivity index (χ4v) is 8.06. The first-order valence-electron chi connectivity index (χ1n) is 10.4. The third-order valence-electron chi connectivity index (χ3n) is 8.81. The van der Waals surface area contributed by atoms with E-state index in [1.54, 1.807) is 6.92 Å². The van der Waals surface area contributed by atoms with Crippen LogP contribution in [0.5, 0.6) is 0 Å². The predicted molar refractivity (Wildman–Crippen MR) is 102 cm³/mol. The van der Waals surface area contributed by atoms with Crippen LogP contribution in [0.4, 0.5) is 0 Å². The van der Waals surface area contributed by atoms with Crippen molar-refractivity contribution in [1.29, 1.82) is 0 Å². The summed E-state index contributed by atoms with van der Waals surface area (Å²) in [6.45, 7) is 6.46. The first-order valence-corrected chi connectivity index (χ1v) is 11.8. The van der Waals surface area contributed by atoms with Gasteiger partial charge in [0.15, 0.2) is 0 Å². The van der Waals surface area contributed by atoms with Gasteiger partial charge in [-0.3, -0.25) is 9.35 Å². The third-order valence-corrected chi connectivity index (χ3v) is 9.32. The van der Waals surface area contributed by atoms with E-state index >= 15 is 0 Å². The Labute approximate surface area is 162 Å². The van der Waals surface area contributed by atoms with Gasteiger partial charge in [0.2, 0.25) is 0 Å². The molecule has 5 nitrogen and oxygen atoms in total. The molecule has 27 heavy (non-hydrogen) atoms. The molecule has 4 rings (SSSR count). The van der Waals surface area contributed by atoms with Gasteiger partial charge >= 0.3 is 10.4 Å². The van der Waals surface area contributed by atoms with Gasteiger partial charge in [0, 0.05) is 5.92 Å². The maximum atomic E-state index is 12.2. The molecular formula is C21H32O5S. The zero-order valence-electron chi connectivity index (χ0n) is 16.6. The smallest absolute Gasteiger partial charge is 0.300 e. The quantitative estimate of drug-likeness (QED) is 0.567. The molecule has 0 saturated heterocycles. The zero-order valence-corrected chi connectivity index (χ0v) is 17.4. The van der Waals surface area contributed by atoms with Crippen molar-refractivity contribution in [1.82, 2.24) is 0 Å². The van der Waals surface area contributed by atoms with Crippen molar-refractivity contribution < 1.29 is 21.9 Å². The molecule has 0 bridgehead atoms. The van der Waals surface area contributed by atoms with Crippen LogP contribution < -0.4 is 0 Å². The SMILES string of the molecule is CC(=O)[C@H]1CC[C@@H]2[C@H]3CC=C4C[C@@H](OS(=O)(=O)O)CC[C@]4(C)[C@@H]3CC[C@]12C. The van der Waals surface area contributed by atoms with E-state index in [9.17, 15) is 13.2 Å². The molecule has 0 aromatic heterocycles. The summed E-state index contributed by atoms with van der Waals surface area (Å²) in [6, 6.07) is 0. The molecule has 4 aliphatic rings. The second-order valence-electron chi connectivity index (χ2n) is 9.93. The summed E-state index contributed by atoms with van der Waals surface area (Å²) in [5.74, 6) is 2.43. The van der Waals surface area contributed by atoms with Crippen LogP contribution >= 0.6 is 0 Å². The summed E-state index contributed by atoms with van der Waals surface area (Å²) in [5.41, 5.74) is 1.56. The first-order chi connectivity index (χ1) is 12.5. The molecule has 0 unspecified atom stereocenters. The van der Waals surface area contributed by atoms with Crippen LogP contribution in [0.15, 0.2) is 11.6 Å².